The first-order valence-corrected chi connectivity index (χ1v) is 11.7. The van der Waals surface area contributed by atoms with Crippen LogP contribution in [0.4, 0.5) is 11.4 Å². The normalized spacial score (nSPS) is 11.3. The summed E-state index contributed by atoms with van der Waals surface area (Å²) >= 11 is 0. The van der Waals surface area contributed by atoms with Crippen molar-refractivity contribution in [3.8, 4) is 11.5 Å². The number of pyridine rings is 1. The van der Waals surface area contributed by atoms with Gasteiger partial charge in [-0.1, -0.05) is 17.7 Å². The summed E-state index contributed by atoms with van der Waals surface area (Å²) < 4.78 is 38.0. The Balaban J connectivity index is 1.89. The Hall–Kier alpha value is -3.58. The van der Waals surface area contributed by atoms with Crippen LogP contribution in [0.5, 0.6) is 11.5 Å². The van der Waals surface area contributed by atoms with Gasteiger partial charge in [-0.25, -0.2) is 8.42 Å². The number of methoxy groups -OCH3 is 1. The Morgan fingerprint density at radius 1 is 0.938 bits per heavy atom. The maximum Gasteiger partial charge on any atom is 0.210 e. The van der Waals surface area contributed by atoms with Crippen molar-refractivity contribution < 1.29 is 17.9 Å². The fraction of sp³-hybridized carbons (Fsp3) is 0.160. The van der Waals surface area contributed by atoms with Crippen LogP contribution >= 0.6 is 0 Å². The molecule has 6 nitrogen and oxygen atoms in total. The summed E-state index contributed by atoms with van der Waals surface area (Å²) in [6, 6.07) is 19.5. The van der Waals surface area contributed by atoms with Crippen LogP contribution in [0.25, 0.3) is 10.9 Å². The fourth-order valence-electron chi connectivity index (χ4n) is 3.40. The SMILES string of the molecule is CCOc1ccc(Nc2c(S(=O)(=O)c3ccc(C)cc3)cnc3ccc(OC)cc23)cc1. The van der Waals surface area contributed by atoms with Gasteiger partial charge in [0.2, 0.25) is 9.84 Å². The molecule has 0 atom stereocenters. The van der Waals surface area contributed by atoms with Gasteiger partial charge in [0, 0.05) is 17.3 Å². The third-order valence-corrected chi connectivity index (χ3v) is 6.88. The third kappa shape index (κ3) is 4.24. The molecule has 1 heterocycles. The average Bonchev–Trinajstić information content (AvgIpc) is 2.80. The number of hydrogen-bond acceptors (Lipinski definition) is 6. The Kier molecular flexibility index (Phi) is 6.01. The highest BCUT2D eigenvalue weighted by molar-refractivity contribution is 7.91. The second kappa shape index (κ2) is 8.88. The van der Waals surface area contributed by atoms with E-state index in [0.717, 1.165) is 17.0 Å². The zero-order valence-electron chi connectivity index (χ0n) is 18.1. The molecule has 0 amide bonds. The minimum Gasteiger partial charge on any atom is -0.497 e. The lowest BCUT2D eigenvalue weighted by atomic mass is 10.1. The first-order chi connectivity index (χ1) is 15.4. The smallest absolute Gasteiger partial charge is 0.210 e. The van der Waals surface area contributed by atoms with Crippen molar-refractivity contribution in [2.24, 2.45) is 0 Å². The number of nitrogens with zero attached hydrogens (tertiary/aromatic N) is 1. The number of hydrogen-bond donors (Lipinski definition) is 1. The molecule has 3 aromatic carbocycles. The number of aryl methyl sites for hydroxylation is 1. The molecule has 0 unspecified atom stereocenters. The van der Waals surface area contributed by atoms with Crippen molar-refractivity contribution in [2.75, 3.05) is 19.0 Å². The monoisotopic (exact) mass is 448 g/mol. The van der Waals surface area contributed by atoms with Gasteiger partial charge in [-0.3, -0.25) is 4.98 Å². The summed E-state index contributed by atoms with van der Waals surface area (Å²) in [4.78, 5) is 4.72. The number of nitrogens with one attached hydrogen (secondary N) is 1. The standard InChI is InChI=1S/C25H24N2O4S/c1-4-31-19-9-7-18(8-10-19)27-25-22-15-20(30-3)11-14-23(22)26-16-24(25)32(28,29)21-12-5-17(2)6-13-21/h5-16H,4H2,1-3H3,(H,26,27). The van der Waals surface area contributed by atoms with E-state index in [1.54, 1.807) is 49.6 Å². The van der Waals surface area contributed by atoms with Gasteiger partial charge in [-0.05, 0) is 68.4 Å². The van der Waals surface area contributed by atoms with Crippen LogP contribution in [0.3, 0.4) is 0 Å². The van der Waals surface area contributed by atoms with E-state index in [2.05, 4.69) is 10.3 Å². The summed E-state index contributed by atoms with van der Waals surface area (Å²) in [5.41, 5.74) is 2.81. The van der Waals surface area contributed by atoms with Gasteiger partial charge in [0.25, 0.3) is 0 Å². The minimum atomic E-state index is -3.82. The molecule has 0 bridgehead atoms. The molecular weight excluding hydrogens is 424 g/mol. The van der Waals surface area contributed by atoms with E-state index in [1.165, 1.54) is 6.20 Å². The number of sulfone groups is 1. The molecule has 0 fully saturated rings. The van der Waals surface area contributed by atoms with E-state index in [0.29, 0.717) is 28.9 Å². The maximum atomic E-state index is 13.6. The summed E-state index contributed by atoms with van der Waals surface area (Å²) in [5.74, 6) is 1.35. The van der Waals surface area contributed by atoms with Gasteiger partial charge >= 0.3 is 0 Å². The second-order valence-corrected chi connectivity index (χ2v) is 9.20. The number of rotatable bonds is 7. The van der Waals surface area contributed by atoms with E-state index in [4.69, 9.17) is 9.47 Å². The quantitative estimate of drug-likeness (QED) is 0.401. The van der Waals surface area contributed by atoms with Gasteiger partial charge in [-0.15, -0.1) is 0 Å². The lowest BCUT2D eigenvalue weighted by Crippen LogP contribution is -2.07. The zero-order chi connectivity index (χ0) is 22.7. The van der Waals surface area contributed by atoms with Gasteiger partial charge in [0.15, 0.2) is 0 Å². The molecule has 0 aliphatic carbocycles. The van der Waals surface area contributed by atoms with E-state index in [1.807, 2.05) is 38.1 Å². The number of benzene rings is 3. The Morgan fingerprint density at radius 2 is 1.62 bits per heavy atom. The summed E-state index contributed by atoms with van der Waals surface area (Å²) in [6.07, 6.45) is 1.40. The molecular formula is C25H24N2O4S. The Bertz CT molecular complexity index is 1350. The van der Waals surface area contributed by atoms with Crippen molar-refractivity contribution in [2.45, 2.75) is 23.6 Å². The fourth-order valence-corrected chi connectivity index (χ4v) is 4.77. The van der Waals surface area contributed by atoms with Crippen LogP contribution in [0.1, 0.15) is 12.5 Å². The van der Waals surface area contributed by atoms with Crippen LogP contribution in [-0.2, 0) is 9.84 Å². The largest absolute Gasteiger partial charge is 0.497 e. The topological polar surface area (TPSA) is 77.5 Å². The first-order valence-electron chi connectivity index (χ1n) is 10.2. The molecule has 4 rings (SSSR count). The Morgan fingerprint density at radius 3 is 2.28 bits per heavy atom. The molecule has 0 aliphatic rings. The minimum absolute atomic E-state index is 0.0935. The highest BCUT2D eigenvalue weighted by atomic mass is 32.2. The maximum absolute atomic E-state index is 13.6. The summed E-state index contributed by atoms with van der Waals surface area (Å²) in [7, 11) is -2.25. The predicted molar refractivity (Wildman–Crippen MR) is 126 cm³/mol. The molecule has 164 valence electrons. The number of ether oxygens (including phenoxy) is 2. The first kappa shape index (κ1) is 21.6. The van der Waals surface area contributed by atoms with E-state index in [-0.39, 0.29) is 9.79 Å². The second-order valence-electron chi connectivity index (χ2n) is 7.28. The van der Waals surface area contributed by atoms with Gasteiger partial charge in [-0.2, -0.15) is 0 Å². The van der Waals surface area contributed by atoms with E-state index >= 15 is 0 Å². The van der Waals surface area contributed by atoms with Gasteiger partial charge in [0.05, 0.1) is 29.8 Å². The molecule has 7 heteroatoms. The lowest BCUT2D eigenvalue weighted by Gasteiger charge is -2.16. The van der Waals surface area contributed by atoms with Crippen molar-refractivity contribution >= 4 is 32.1 Å². The van der Waals surface area contributed by atoms with Crippen molar-refractivity contribution in [1.82, 2.24) is 4.98 Å². The molecule has 1 aromatic heterocycles. The van der Waals surface area contributed by atoms with Crippen molar-refractivity contribution in [1.29, 1.82) is 0 Å². The molecule has 32 heavy (non-hydrogen) atoms. The number of fused-ring (bicyclic) bond motifs is 1. The van der Waals surface area contributed by atoms with Gasteiger partial charge in [0.1, 0.15) is 16.4 Å². The third-order valence-electron chi connectivity index (χ3n) is 5.10. The van der Waals surface area contributed by atoms with Crippen LogP contribution in [0.2, 0.25) is 0 Å². The zero-order valence-corrected chi connectivity index (χ0v) is 18.9. The highest BCUT2D eigenvalue weighted by Gasteiger charge is 2.24. The molecule has 4 aromatic rings. The molecule has 0 saturated carbocycles. The predicted octanol–water partition coefficient (Wildman–Crippen LogP) is 5.53. The highest BCUT2D eigenvalue weighted by Crippen LogP contribution is 2.36. The van der Waals surface area contributed by atoms with Crippen LogP contribution in [0.15, 0.2) is 82.7 Å². The van der Waals surface area contributed by atoms with Gasteiger partial charge < -0.3 is 14.8 Å². The average molecular weight is 449 g/mol. The summed E-state index contributed by atoms with van der Waals surface area (Å²) in [5, 5.41) is 3.94. The Labute approximate surface area is 187 Å². The van der Waals surface area contributed by atoms with Crippen molar-refractivity contribution in [3.63, 3.8) is 0 Å². The van der Waals surface area contributed by atoms with E-state index < -0.39 is 9.84 Å². The lowest BCUT2D eigenvalue weighted by molar-refractivity contribution is 0.340. The van der Waals surface area contributed by atoms with Crippen molar-refractivity contribution in [3.05, 3.63) is 78.5 Å². The van der Waals surface area contributed by atoms with E-state index in [9.17, 15) is 8.42 Å². The van der Waals surface area contributed by atoms with Crippen LogP contribution in [0, 0.1) is 6.92 Å². The number of anilines is 2. The van der Waals surface area contributed by atoms with Crippen LogP contribution < -0.4 is 14.8 Å². The van der Waals surface area contributed by atoms with Crippen LogP contribution in [-0.4, -0.2) is 27.1 Å². The molecule has 0 aliphatic heterocycles. The number of aromatic nitrogens is 1. The molecule has 0 saturated heterocycles. The summed E-state index contributed by atoms with van der Waals surface area (Å²) in [6.45, 7) is 4.41. The molecule has 0 radical (unpaired) electrons. The molecule has 0 spiro atoms. The molecule has 1 N–H and O–H groups in total.